The van der Waals surface area contributed by atoms with Crippen molar-refractivity contribution in [1.82, 2.24) is 15.1 Å². The average molecular weight is 443 g/mol. The number of fused-ring (bicyclic) bond motifs is 1. The van der Waals surface area contributed by atoms with Crippen molar-refractivity contribution in [1.29, 1.82) is 0 Å². The van der Waals surface area contributed by atoms with Crippen LogP contribution in [0.25, 0.3) is 0 Å². The van der Waals surface area contributed by atoms with Gasteiger partial charge in [-0.3, -0.25) is 19.5 Å². The number of imide groups is 1. The van der Waals surface area contributed by atoms with Crippen LogP contribution in [0.15, 0.2) is 29.3 Å². The molecule has 174 valence electrons. The van der Waals surface area contributed by atoms with Crippen molar-refractivity contribution >= 4 is 17.8 Å². The molecule has 32 heavy (non-hydrogen) atoms. The van der Waals surface area contributed by atoms with Gasteiger partial charge in [0.1, 0.15) is 0 Å². The molecule has 2 saturated heterocycles. The number of rotatable bonds is 8. The summed E-state index contributed by atoms with van der Waals surface area (Å²) < 4.78 is 11.7. The fraction of sp³-hybridized carbons (Fsp3) is 0.625. The highest BCUT2D eigenvalue weighted by atomic mass is 16.5. The van der Waals surface area contributed by atoms with E-state index in [-0.39, 0.29) is 17.9 Å². The van der Waals surface area contributed by atoms with Crippen LogP contribution in [0, 0.1) is 0 Å². The van der Waals surface area contributed by atoms with E-state index in [9.17, 15) is 9.59 Å². The Bertz CT molecular complexity index is 794. The molecule has 8 heteroatoms. The minimum atomic E-state index is -0.182. The highest BCUT2D eigenvalue weighted by Gasteiger charge is 2.34. The lowest BCUT2D eigenvalue weighted by Gasteiger charge is -2.34. The van der Waals surface area contributed by atoms with Gasteiger partial charge in [-0.1, -0.05) is 12.1 Å². The number of piperidine rings is 1. The summed E-state index contributed by atoms with van der Waals surface area (Å²) in [5.41, 5.74) is 1.03. The van der Waals surface area contributed by atoms with Crippen LogP contribution >= 0.6 is 0 Å². The van der Waals surface area contributed by atoms with Crippen LogP contribution in [-0.2, 0) is 9.47 Å². The van der Waals surface area contributed by atoms with Crippen molar-refractivity contribution in [3.63, 3.8) is 0 Å². The number of hydrogen-bond donors (Lipinski definition) is 1. The number of nitrogens with zero attached hydrogens (tertiary/aromatic N) is 3. The predicted molar refractivity (Wildman–Crippen MR) is 122 cm³/mol. The van der Waals surface area contributed by atoms with Gasteiger partial charge in [-0.2, -0.15) is 0 Å². The van der Waals surface area contributed by atoms with Gasteiger partial charge in [0.15, 0.2) is 5.96 Å². The number of amides is 2. The second-order valence-electron chi connectivity index (χ2n) is 8.64. The Balaban J connectivity index is 1.12. The molecule has 2 amide bonds. The largest absolute Gasteiger partial charge is 0.376 e. The Morgan fingerprint density at radius 2 is 1.84 bits per heavy atom. The Hall–Kier alpha value is -2.45. The molecule has 1 atom stereocenters. The minimum absolute atomic E-state index is 0.182. The second-order valence-corrected chi connectivity index (χ2v) is 8.64. The summed E-state index contributed by atoms with van der Waals surface area (Å²) in [6.45, 7) is 4.62. The van der Waals surface area contributed by atoms with E-state index in [2.05, 4.69) is 15.2 Å². The maximum absolute atomic E-state index is 12.4. The molecule has 0 aromatic heterocycles. The van der Waals surface area contributed by atoms with Crippen LogP contribution in [0.2, 0.25) is 0 Å². The summed E-state index contributed by atoms with van der Waals surface area (Å²) in [5.74, 6) is 0.543. The molecule has 8 nitrogen and oxygen atoms in total. The lowest BCUT2D eigenvalue weighted by atomic mass is 10.1. The van der Waals surface area contributed by atoms with Crippen molar-refractivity contribution in [2.24, 2.45) is 4.99 Å². The monoisotopic (exact) mass is 442 g/mol. The van der Waals surface area contributed by atoms with Crippen molar-refractivity contribution in [2.45, 2.75) is 50.7 Å². The number of guanidine groups is 1. The van der Waals surface area contributed by atoms with E-state index in [1.807, 2.05) is 0 Å². The lowest BCUT2D eigenvalue weighted by molar-refractivity contribution is -0.0367. The number of unbranched alkanes of at least 4 members (excludes halogenated alkanes) is 1. The van der Waals surface area contributed by atoms with Crippen LogP contribution in [0.1, 0.15) is 59.2 Å². The first-order valence-electron chi connectivity index (χ1n) is 11.8. The van der Waals surface area contributed by atoms with Gasteiger partial charge in [0, 0.05) is 39.8 Å². The van der Waals surface area contributed by atoms with Gasteiger partial charge in [0.25, 0.3) is 11.8 Å². The quantitative estimate of drug-likeness (QED) is 0.288. The van der Waals surface area contributed by atoms with Crippen LogP contribution in [0.3, 0.4) is 0 Å². The van der Waals surface area contributed by atoms with E-state index in [0.29, 0.717) is 30.4 Å². The summed E-state index contributed by atoms with van der Waals surface area (Å²) in [5, 5.41) is 3.42. The first-order chi connectivity index (χ1) is 15.7. The molecule has 3 aliphatic heterocycles. The van der Waals surface area contributed by atoms with Gasteiger partial charge in [0.2, 0.25) is 0 Å². The molecule has 1 aromatic rings. The predicted octanol–water partition coefficient (Wildman–Crippen LogP) is 2.30. The van der Waals surface area contributed by atoms with E-state index >= 15 is 0 Å². The molecule has 3 aliphatic rings. The van der Waals surface area contributed by atoms with E-state index in [4.69, 9.17) is 9.47 Å². The van der Waals surface area contributed by atoms with Gasteiger partial charge in [0.05, 0.1) is 29.9 Å². The highest BCUT2D eigenvalue weighted by Crippen LogP contribution is 2.22. The second kappa shape index (κ2) is 10.9. The molecule has 0 saturated carbocycles. The molecular weight excluding hydrogens is 408 g/mol. The molecule has 0 bridgehead atoms. The molecule has 4 rings (SSSR count). The normalized spacial score (nSPS) is 22.0. The Kier molecular flexibility index (Phi) is 7.76. The average Bonchev–Trinajstić information content (AvgIpc) is 3.43. The summed E-state index contributed by atoms with van der Waals surface area (Å²) >= 11 is 0. The van der Waals surface area contributed by atoms with Crippen molar-refractivity contribution in [2.75, 3.05) is 46.4 Å². The van der Waals surface area contributed by atoms with E-state index in [1.165, 1.54) is 4.90 Å². The third-order valence-electron chi connectivity index (χ3n) is 6.46. The topological polar surface area (TPSA) is 83.5 Å². The smallest absolute Gasteiger partial charge is 0.261 e. The Morgan fingerprint density at radius 1 is 1.12 bits per heavy atom. The zero-order valence-electron chi connectivity index (χ0n) is 18.9. The molecule has 0 spiro atoms. The number of aliphatic imine (C=N–C) groups is 1. The standard InChI is InChI=1S/C24H34N4O4/c1-25-24(27-14-10-18(11-15-27)32-17-19-7-6-16-31-19)26-12-4-5-13-28-22(29)20-8-2-3-9-21(20)23(28)30/h2-3,8-9,18-19H,4-7,10-17H2,1H3,(H,25,26). The van der Waals surface area contributed by atoms with Crippen LogP contribution in [0.4, 0.5) is 0 Å². The highest BCUT2D eigenvalue weighted by molar-refractivity contribution is 6.21. The maximum atomic E-state index is 12.4. The zero-order chi connectivity index (χ0) is 22.3. The lowest BCUT2D eigenvalue weighted by Crippen LogP contribution is -2.47. The number of likely N-dealkylation sites (tertiary alicyclic amines) is 1. The molecule has 2 fully saturated rings. The maximum Gasteiger partial charge on any atom is 0.261 e. The van der Waals surface area contributed by atoms with Gasteiger partial charge in [-0.15, -0.1) is 0 Å². The van der Waals surface area contributed by atoms with E-state index in [0.717, 1.165) is 70.7 Å². The zero-order valence-corrected chi connectivity index (χ0v) is 18.9. The molecule has 1 aromatic carbocycles. The third-order valence-corrected chi connectivity index (χ3v) is 6.46. The summed E-state index contributed by atoms with van der Waals surface area (Å²) in [6, 6.07) is 7.03. The summed E-state index contributed by atoms with van der Waals surface area (Å²) in [6.07, 6.45) is 6.44. The first kappa shape index (κ1) is 22.7. The van der Waals surface area contributed by atoms with Crippen molar-refractivity contribution in [3.05, 3.63) is 35.4 Å². The molecule has 1 unspecified atom stereocenters. The number of carbonyl (C=O) groups excluding carboxylic acids is 2. The van der Waals surface area contributed by atoms with Gasteiger partial charge in [-0.25, -0.2) is 0 Å². The van der Waals surface area contributed by atoms with Crippen molar-refractivity contribution < 1.29 is 19.1 Å². The summed E-state index contributed by atoms with van der Waals surface area (Å²) in [4.78, 5) is 32.9. The number of carbonyl (C=O) groups is 2. The minimum Gasteiger partial charge on any atom is -0.376 e. The Labute approximate surface area is 189 Å². The molecule has 3 heterocycles. The summed E-state index contributed by atoms with van der Waals surface area (Å²) in [7, 11) is 1.81. The number of benzene rings is 1. The van der Waals surface area contributed by atoms with E-state index in [1.54, 1.807) is 31.3 Å². The van der Waals surface area contributed by atoms with Crippen LogP contribution in [-0.4, -0.2) is 86.2 Å². The third kappa shape index (κ3) is 5.30. The fourth-order valence-electron chi connectivity index (χ4n) is 4.62. The van der Waals surface area contributed by atoms with E-state index < -0.39 is 0 Å². The van der Waals surface area contributed by atoms with Gasteiger partial charge >= 0.3 is 0 Å². The first-order valence-corrected chi connectivity index (χ1v) is 11.8. The number of hydrogen-bond acceptors (Lipinski definition) is 5. The Morgan fingerprint density at radius 3 is 2.47 bits per heavy atom. The van der Waals surface area contributed by atoms with Crippen LogP contribution in [0.5, 0.6) is 0 Å². The molecule has 0 radical (unpaired) electrons. The van der Waals surface area contributed by atoms with Gasteiger partial charge in [-0.05, 0) is 50.7 Å². The fourth-order valence-corrected chi connectivity index (χ4v) is 4.62. The number of ether oxygens (including phenoxy) is 2. The van der Waals surface area contributed by atoms with Gasteiger partial charge < -0.3 is 19.7 Å². The molecule has 0 aliphatic carbocycles. The van der Waals surface area contributed by atoms with Crippen molar-refractivity contribution in [3.8, 4) is 0 Å². The molecular formula is C24H34N4O4. The number of nitrogens with one attached hydrogen (secondary N) is 1. The molecule has 1 N–H and O–H groups in total. The van der Waals surface area contributed by atoms with Crippen LogP contribution < -0.4 is 5.32 Å². The SMILES string of the molecule is CN=C(NCCCCN1C(=O)c2ccccc2C1=O)N1CCC(OCC2CCCO2)CC1.